The molecular weight excluding hydrogens is 290 g/mol. The molecule has 21 heavy (non-hydrogen) atoms. The molecule has 1 amide bonds. The summed E-state index contributed by atoms with van der Waals surface area (Å²) in [5.41, 5.74) is -0.463. The SMILES string of the molecule is CC(C)(C)OC(=O)CCOCCNC(=O)CSC(C)(C)C. The van der Waals surface area contributed by atoms with Gasteiger partial charge in [-0.3, -0.25) is 9.59 Å². The Morgan fingerprint density at radius 3 is 2.19 bits per heavy atom. The van der Waals surface area contributed by atoms with Crippen molar-refractivity contribution in [1.29, 1.82) is 0 Å². The van der Waals surface area contributed by atoms with E-state index in [1.54, 1.807) is 11.8 Å². The molecule has 0 bridgehead atoms. The number of thioether (sulfide) groups is 1. The zero-order valence-corrected chi connectivity index (χ0v) is 14.9. The fraction of sp³-hybridized carbons (Fsp3) is 0.867. The Morgan fingerprint density at radius 1 is 1.05 bits per heavy atom. The van der Waals surface area contributed by atoms with Gasteiger partial charge in [-0.05, 0) is 20.8 Å². The molecule has 0 heterocycles. The van der Waals surface area contributed by atoms with Gasteiger partial charge in [0.25, 0.3) is 0 Å². The molecule has 0 aliphatic heterocycles. The Kier molecular flexibility index (Phi) is 8.97. The van der Waals surface area contributed by atoms with Crippen molar-refractivity contribution in [3.8, 4) is 0 Å². The highest BCUT2D eigenvalue weighted by Gasteiger charge is 2.16. The largest absolute Gasteiger partial charge is 0.460 e. The number of hydrogen-bond donors (Lipinski definition) is 1. The first-order valence-electron chi connectivity index (χ1n) is 7.20. The van der Waals surface area contributed by atoms with Crippen molar-refractivity contribution in [3.63, 3.8) is 0 Å². The fourth-order valence-electron chi connectivity index (χ4n) is 1.25. The average Bonchev–Trinajstić information content (AvgIpc) is 2.27. The van der Waals surface area contributed by atoms with E-state index in [0.29, 0.717) is 25.5 Å². The number of nitrogens with one attached hydrogen (secondary N) is 1. The van der Waals surface area contributed by atoms with Crippen LogP contribution in [0.5, 0.6) is 0 Å². The molecule has 0 fully saturated rings. The zero-order valence-electron chi connectivity index (χ0n) is 14.1. The van der Waals surface area contributed by atoms with E-state index in [4.69, 9.17) is 9.47 Å². The number of esters is 1. The number of hydrogen-bond acceptors (Lipinski definition) is 5. The molecule has 0 radical (unpaired) electrons. The van der Waals surface area contributed by atoms with Crippen molar-refractivity contribution in [2.75, 3.05) is 25.5 Å². The number of rotatable bonds is 8. The van der Waals surface area contributed by atoms with Crippen molar-refractivity contribution < 1.29 is 19.1 Å². The molecule has 0 aromatic carbocycles. The molecule has 0 saturated heterocycles. The molecule has 0 aromatic rings. The highest BCUT2D eigenvalue weighted by molar-refractivity contribution is 8.01. The quantitative estimate of drug-likeness (QED) is 0.550. The van der Waals surface area contributed by atoms with Gasteiger partial charge in [0.1, 0.15) is 5.60 Å². The monoisotopic (exact) mass is 319 g/mol. The van der Waals surface area contributed by atoms with E-state index in [9.17, 15) is 9.59 Å². The van der Waals surface area contributed by atoms with Gasteiger partial charge in [-0.1, -0.05) is 20.8 Å². The Labute approximate surface area is 132 Å². The van der Waals surface area contributed by atoms with Gasteiger partial charge in [-0.25, -0.2) is 0 Å². The number of carbonyl (C=O) groups is 2. The molecule has 0 spiro atoms. The van der Waals surface area contributed by atoms with E-state index < -0.39 is 5.60 Å². The van der Waals surface area contributed by atoms with E-state index in [1.165, 1.54) is 0 Å². The van der Waals surface area contributed by atoms with Crippen molar-refractivity contribution in [2.24, 2.45) is 0 Å². The van der Waals surface area contributed by atoms with Crippen LogP contribution in [-0.4, -0.2) is 47.7 Å². The lowest BCUT2D eigenvalue weighted by atomic mass is 10.2. The van der Waals surface area contributed by atoms with Crippen molar-refractivity contribution >= 4 is 23.6 Å². The summed E-state index contributed by atoms with van der Waals surface area (Å²) < 4.78 is 10.5. The molecule has 0 saturated carbocycles. The molecule has 6 heteroatoms. The number of amides is 1. The lowest BCUT2D eigenvalue weighted by Crippen LogP contribution is -2.30. The van der Waals surface area contributed by atoms with Crippen LogP contribution in [0.25, 0.3) is 0 Å². The van der Waals surface area contributed by atoms with Crippen molar-refractivity contribution in [3.05, 3.63) is 0 Å². The third kappa shape index (κ3) is 15.5. The summed E-state index contributed by atoms with van der Waals surface area (Å²) in [6.07, 6.45) is 0.227. The van der Waals surface area contributed by atoms with Crippen LogP contribution in [0.4, 0.5) is 0 Å². The minimum Gasteiger partial charge on any atom is -0.460 e. The third-order valence-electron chi connectivity index (χ3n) is 2.08. The first-order chi connectivity index (χ1) is 9.49. The molecular formula is C15H29NO4S. The molecule has 0 rings (SSSR count). The Hall–Kier alpha value is -0.750. The van der Waals surface area contributed by atoms with Gasteiger partial charge < -0.3 is 14.8 Å². The van der Waals surface area contributed by atoms with E-state index in [1.807, 2.05) is 20.8 Å². The van der Waals surface area contributed by atoms with Gasteiger partial charge in [0, 0.05) is 11.3 Å². The normalized spacial score (nSPS) is 12.1. The van der Waals surface area contributed by atoms with Gasteiger partial charge in [-0.15, -0.1) is 11.8 Å². The molecule has 0 unspecified atom stereocenters. The minimum absolute atomic E-state index is 0.00525. The second kappa shape index (κ2) is 9.30. The summed E-state index contributed by atoms with van der Waals surface area (Å²) in [7, 11) is 0. The van der Waals surface area contributed by atoms with Gasteiger partial charge in [-0.2, -0.15) is 0 Å². The van der Waals surface area contributed by atoms with E-state index in [0.717, 1.165) is 0 Å². The Morgan fingerprint density at radius 2 is 1.67 bits per heavy atom. The van der Waals surface area contributed by atoms with Crippen LogP contribution < -0.4 is 5.32 Å². The summed E-state index contributed by atoms with van der Waals surface area (Å²) >= 11 is 1.61. The second-order valence-electron chi connectivity index (χ2n) is 6.70. The van der Waals surface area contributed by atoms with Gasteiger partial charge in [0.2, 0.25) is 5.91 Å². The maximum atomic E-state index is 11.5. The predicted molar refractivity (Wildman–Crippen MR) is 86.5 cm³/mol. The van der Waals surface area contributed by atoms with Crippen LogP contribution in [0.2, 0.25) is 0 Å². The summed E-state index contributed by atoms with van der Waals surface area (Å²) in [6, 6.07) is 0. The minimum atomic E-state index is -0.463. The van der Waals surface area contributed by atoms with E-state index >= 15 is 0 Å². The van der Waals surface area contributed by atoms with Gasteiger partial charge >= 0.3 is 5.97 Å². The molecule has 1 N–H and O–H groups in total. The predicted octanol–water partition coefficient (Wildman–Crippen LogP) is 2.38. The van der Waals surface area contributed by atoms with E-state index in [-0.39, 0.29) is 23.0 Å². The summed E-state index contributed by atoms with van der Waals surface area (Å²) in [5.74, 6) is 0.181. The van der Waals surface area contributed by atoms with Gasteiger partial charge in [0.15, 0.2) is 0 Å². The molecule has 0 aromatic heterocycles. The Bertz CT molecular complexity index is 332. The van der Waals surface area contributed by atoms with Crippen LogP contribution >= 0.6 is 11.8 Å². The Balaban J connectivity index is 3.52. The topological polar surface area (TPSA) is 64.6 Å². The molecule has 124 valence electrons. The lowest BCUT2D eigenvalue weighted by Gasteiger charge is -2.19. The lowest BCUT2D eigenvalue weighted by molar-refractivity contribution is -0.156. The molecule has 5 nitrogen and oxygen atoms in total. The van der Waals surface area contributed by atoms with Crippen LogP contribution in [0, 0.1) is 0 Å². The number of carbonyl (C=O) groups excluding carboxylic acids is 2. The summed E-state index contributed by atoms with van der Waals surface area (Å²) in [4.78, 5) is 22.9. The summed E-state index contributed by atoms with van der Waals surface area (Å²) in [6.45, 7) is 12.9. The van der Waals surface area contributed by atoms with Crippen LogP contribution in [0.3, 0.4) is 0 Å². The highest BCUT2D eigenvalue weighted by atomic mass is 32.2. The first kappa shape index (κ1) is 20.2. The van der Waals surface area contributed by atoms with E-state index in [2.05, 4.69) is 26.1 Å². The summed E-state index contributed by atoms with van der Waals surface area (Å²) in [5, 5.41) is 2.78. The van der Waals surface area contributed by atoms with Crippen LogP contribution in [0.1, 0.15) is 48.0 Å². The van der Waals surface area contributed by atoms with Gasteiger partial charge in [0.05, 0.1) is 25.4 Å². The highest BCUT2D eigenvalue weighted by Crippen LogP contribution is 2.22. The average molecular weight is 319 g/mol. The number of ether oxygens (including phenoxy) is 2. The smallest absolute Gasteiger partial charge is 0.308 e. The third-order valence-corrected chi connectivity index (χ3v) is 3.35. The van der Waals surface area contributed by atoms with Crippen LogP contribution in [0.15, 0.2) is 0 Å². The van der Waals surface area contributed by atoms with Crippen LogP contribution in [-0.2, 0) is 19.1 Å². The standard InChI is InChI=1S/C15H29NO4S/c1-14(2,3)20-13(18)7-9-19-10-8-16-12(17)11-21-15(4,5)6/h7-11H2,1-6H3,(H,16,17). The molecule has 0 atom stereocenters. The maximum absolute atomic E-state index is 11.5. The van der Waals surface area contributed by atoms with Crippen molar-refractivity contribution in [1.82, 2.24) is 5.32 Å². The molecule has 0 aliphatic rings. The van der Waals surface area contributed by atoms with Crippen molar-refractivity contribution in [2.45, 2.75) is 58.3 Å². The first-order valence-corrected chi connectivity index (χ1v) is 8.18. The fourth-order valence-corrected chi connectivity index (χ4v) is 1.91. The maximum Gasteiger partial charge on any atom is 0.308 e. The molecule has 0 aliphatic carbocycles. The zero-order chi connectivity index (χ0) is 16.5. The second-order valence-corrected chi connectivity index (χ2v) is 8.50.